The molecule has 2 fully saturated rings. The lowest BCUT2D eigenvalue weighted by Crippen LogP contribution is -2.65. The molecule has 14 heteroatoms. The van der Waals surface area contributed by atoms with Crippen LogP contribution < -0.4 is 10.9 Å². The van der Waals surface area contributed by atoms with Gasteiger partial charge in [0.15, 0.2) is 17.4 Å². The normalized spacial score (nSPS) is 24.0. The number of anilines is 1. The van der Waals surface area contributed by atoms with Gasteiger partial charge >= 0.3 is 8.56 Å². The lowest BCUT2D eigenvalue weighted by Gasteiger charge is -2.53. The minimum atomic E-state index is -2.89. The summed E-state index contributed by atoms with van der Waals surface area (Å²) in [6, 6.07) is 0. The molecule has 0 aromatic carbocycles. The molecular weight excluding hydrogens is 623 g/mol. The van der Waals surface area contributed by atoms with Crippen LogP contribution in [0.1, 0.15) is 103 Å². The minimum Gasteiger partial charge on any atom is -0.394 e. The smallest absolute Gasteiger partial charge is 0.349 e. The Hall–Kier alpha value is -1.95. The summed E-state index contributed by atoms with van der Waals surface area (Å²) in [5.74, 6) is -0.517. The first-order valence-electron chi connectivity index (χ1n) is 16.7. The molecule has 2 aromatic heterocycles. The Morgan fingerprint density at radius 1 is 1.07 bits per heavy atom. The zero-order valence-electron chi connectivity index (χ0n) is 30.3. The van der Waals surface area contributed by atoms with E-state index in [1.165, 1.54) is 6.33 Å². The summed E-state index contributed by atoms with van der Waals surface area (Å²) in [7, 11) is -5.14. The summed E-state index contributed by atoms with van der Waals surface area (Å²) < 4.78 is 35.9. The number of aromatic nitrogens is 4. The quantitative estimate of drug-likeness (QED) is 0.210. The number of carbonyl (C=O) groups excluding carboxylic acids is 1. The first kappa shape index (κ1) is 36.9. The second-order valence-corrected chi connectivity index (χ2v) is 26.4. The number of H-pyrrole nitrogens is 1. The maximum atomic E-state index is 13.0. The highest BCUT2D eigenvalue weighted by atomic mass is 28.4. The summed E-state index contributed by atoms with van der Waals surface area (Å²) in [5, 5.41) is 2.21. The van der Waals surface area contributed by atoms with E-state index in [9.17, 15) is 9.59 Å². The molecule has 2 aromatic rings. The first-order chi connectivity index (χ1) is 21.2. The molecule has 4 atom stereocenters. The van der Waals surface area contributed by atoms with Crippen molar-refractivity contribution < 1.29 is 27.5 Å². The molecule has 0 spiro atoms. The summed E-state index contributed by atoms with van der Waals surface area (Å²) in [6.07, 6.45) is -0.708. The van der Waals surface area contributed by atoms with Crippen molar-refractivity contribution in [3.05, 3.63) is 16.7 Å². The molecule has 2 aliphatic rings. The molecule has 2 N–H and O–H groups in total. The summed E-state index contributed by atoms with van der Waals surface area (Å²) in [5.41, 5.74) is 1.09. The molecule has 46 heavy (non-hydrogen) atoms. The van der Waals surface area contributed by atoms with Crippen LogP contribution in [-0.2, 0) is 27.5 Å². The second kappa shape index (κ2) is 13.2. The molecule has 1 amide bonds. The molecule has 4 rings (SSSR count). The molecule has 0 unspecified atom stereocenters. The van der Waals surface area contributed by atoms with Crippen LogP contribution in [0.15, 0.2) is 11.1 Å². The second-order valence-electron chi connectivity index (χ2n) is 16.2. The Labute approximate surface area is 276 Å². The Kier molecular flexibility index (Phi) is 10.6. The van der Waals surface area contributed by atoms with Gasteiger partial charge in [0.25, 0.3) is 5.56 Å². The zero-order valence-corrected chi connectivity index (χ0v) is 32.3. The first-order valence-corrected chi connectivity index (χ1v) is 20.6. The van der Waals surface area contributed by atoms with E-state index in [4.69, 9.17) is 22.8 Å². The van der Waals surface area contributed by atoms with Gasteiger partial charge in [-0.2, -0.15) is 4.98 Å². The van der Waals surface area contributed by atoms with Gasteiger partial charge in [-0.15, -0.1) is 0 Å². The van der Waals surface area contributed by atoms with Gasteiger partial charge < -0.3 is 22.8 Å². The number of aromatic amines is 1. The van der Waals surface area contributed by atoms with Crippen molar-refractivity contribution in [2.24, 2.45) is 5.92 Å². The van der Waals surface area contributed by atoms with Gasteiger partial charge in [0.1, 0.15) is 25.1 Å². The number of ether oxygens (including phenoxy) is 2. The van der Waals surface area contributed by atoms with Crippen molar-refractivity contribution in [3.63, 3.8) is 0 Å². The fourth-order valence-corrected chi connectivity index (χ4v) is 18.1. The van der Waals surface area contributed by atoms with Gasteiger partial charge in [-0.1, -0.05) is 96.9 Å². The van der Waals surface area contributed by atoms with Gasteiger partial charge in [-0.25, -0.2) is 4.98 Å². The van der Waals surface area contributed by atoms with E-state index in [0.717, 1.165) is 0 Å². The van der Waals surface area contributed by atoms with E-state index in [-0.39, 0.29) is 45.8 Å². The third kappa shape index (κ3) is 6.42. The minimum absolute atomic E-state index is 0.0437. The molecular formula is C32H57N5O7Si2. The molecule has 0 bridgehead atoms. The Morgan fingerprint density at radius 3 is 2.17 bits per heavy atom. The fraction of sp³-hybridized carbons (Fsp3) is 0.812. The average molecular weight is 680 g/mol. The van der Waals surface area contributed by atoms with Crippen LogP contribution in [-0.4, -0.2) is 74.0 Å². The molecule has 12 nitrogen and oxygen atoms in total. The van der Waals surface area contributed by atoms with Crippen molar-refractivity contribution in [3.8, 4) is 0 Å². The maximum absolute atomic E-state index is 13.0. The number of hydrogen-bond donors (Lipinski definition) is 2. The molecule has 0 saturated carbocycles. The lowest BCUT2D eigenvalue weighted by atomic mass is 10.1. The highest BCUT2D eigenvalue weighted by Gasteiger charge is 2.65. The van der Waals surface area contributed by atoms with Gasteiger partial charge in [-0.05, 0) is 16.6 Å². The number of fused-ring (bicyclic) bond motifs is 2. The van der Waals surface area contributed by atoms with Crippen LogP contribution in [0.4, 0.5) is 5.95 Å². The largest absolute Gasteiger partial charge is 0.394 e. The van der Waals surface area contributed by atoms with E-state index in [2.05, 4.69) is 103 Å². The fourth-order valence-electron chi connectivity index (χ4n) is 7.87. The number of carbonyl (C=O) groups is 1. The predicted molar refractivity (Wildman–Crippen MR) is 183 cm³/mol. The molecule has 2 aliphatic heterocycles. The predicted octanol–water partition coefficient (Wildman–Crippen LogP) is 6.60. The van der Waals surface area contributed by atoms with Gasteiger partial charge in [-0.3, -0.25) is 24.5 Å². The van der Waals surface area contributed by atoms with E-state index in [1.807, 2.05) is 0 Å². The van der Waals surface area contributed by atoms with E-state index in [0.29, 0.717) is 23.2 Å². The molecule has 4 heterocycles. The third-order valence-electron chi connectivity index (χ3n) is 9.76. The number of amides is 1. The Bertz CT molecular complexity index is 1410. The van der Waals surface area contributed by atoms with Crippen molar-refractivity contribution in [2.45, 2.75) is 148 Å². The van der Waals surface area contributed by atoms with E-state index < -0.39 is 47.0 Å². The third-order valence-corrected chi connectivity index (χ3v) is 20.9. The molecule has 260 valence electrons. The van der Waals surface area contributed by atoms with E-state index in [1.54, 1.807) is 18.4 Å². The summed E-state index contributed by atoms with van der Waals surface area (Å²) in [4.78, 5) is 37.1. The highest BCUT2D eigenvalue weighted by molar-refractivity contribution is 6.77. The van der Waals surface area contributed by atoms with Gasteiger partial charge in [0, 0.05) is 16.0 Å². The molecule has 0 aliphatic carbocycles. The van der Waals surface area contributed by atoms with Crippen molar-refractivity contribution >= 4 is 39.9 Å². The van der Waals surface area contributed by atoms with Crippen LogP contribution in [0.2, 0.25) is 26.7 Å². The topological polar surface area (TPSA) is 139 Å². The van der Waals surface area contributed by atoms with Crippen molar-refractivity contribution in [1.29, 1.82) is 0 Å². The average Bonchev–Trinajstić information content (AvgIpc) is 3.50. The van der Waals surface area contributed by atoms with Crippen LogP contribution in [0.3, 0.4) is 0 Å². The molecule has 2 saturated heterocycles. The SMILES string of the molecule is CC(C)C(=O)Nc1nc2c(ncn2[C@@H]2O[C@@H]3CO[Si](C(C)(C)C)(C(C)(C)C)O[C@H]3[C@H]2OCO[Si](C(C)C)(C(C)C)C(C)C)c(=O)[nH]1. The van der Waals surface area contributed by atoms with Crippen molar-refractivity contribution in [1.82, 2.24) is 19.5 Å². The number of nitrogens with zero attached hydrogens (tertiary/aromatic N) is 3. The number of hydrogen-bond acceptors (Lipinski definition) is 9. The zero-order chi connectivity index (χ0) is 34.6. The van der Waals surface area contributed by atoms with Crippen LogP contribution in [0, 0.1) is 5.92 Å². The number of nitrogens with one attached hydrogen (secondary N) is 2. The Morgan fingerprint density at radius 2 is 1.65 bits per heavy atom. The highest BCUT2D eigenvalue weighted by Crippen LogP contribution is 2.56. The maximum Gasteiger partial charge on any atom is 0.349 e. The lowest BCUT2D eigenvalue weighted by molar-refractivity contribution is -0.118. The van der Waals surface area contributed by atoms with Crippen LogP contribution in [0.25, 0.3) is 11.2 Å². The summed E-state index contributed by atoms with van der Waals surface area (Å²) in [6.45, 7) is 30.5. The number of imidazole rings is 1. The van der Waals surface area contributed by atoms with E-state index >= 15 is 0 Å². The van der Waals surface area contributed by atoms with Crippen LogP contribution >= 0.6 is 0 Å². The van der Waals surface area contributed by atoms with Crippen molar-refractivity contribution in [2.75, 3.05) is 18.7 Å². The molecule has 0 radical (unpaired) electrons. The van der Waals surface area contributed by atoms with Crippen LogP contribution in [0.5, 0.6) is 0 Å². The summed E-state index contributed by atoms with van der Waals surface area (Å²) >= 11 is 0. The van der Waals surface area contributed by atoms with Gasteiger partial charge in [0.2, 0.25) is 20.2 Å². The Balaban J connectivity index is 1.78. The van der Waals surface area contributed by atoms with Gasteiger partial charge in [0.05, 0.1) is 12.9 Å². The monoisotopic (exact) mass is 679 g/mol. The number of rotatable bonds is 10. The standard InChI is InChI=1S/C32H57N5O7Si2/c1-18(2)27(38)35-30-34-26-23(28(39)36-30)33-16-37(26)29-25(40-17-42-45(19(3)4,20(5)6)21(7)8)24-22(43-29)15-41-46(44-24,31(9,10)11)32(12,13)14/h16,18-22,24-25,29H,15,17H2,1-14H3,(H2,34,35,36,38,39)/t22-,24-,25-,29-/m1/s1.